The van der Waals surface area contributed by atoms with Gasteiger partial charge in [-0.05, 0) is 6.42 Å². The Morgan fingerprint density at radius 3 is 2.68 bits per heavy atom. The third-order valence-electron chi connectivity index (χ3n) is 2.39. The maximum atomic E-state index is 10.6. The van der Waals surface area contributed by atoms with Gasteiger partial charge in [-0.1, -0.05) is 11.8 Å². The predicted octanol–water partition coefficient (Wildman–Crippen LogP) is 0.680. The lowest BCUT2D eigenvalue weighted by atomic mass is 10.3. The minimum absolute atomic E-state index is 0.0246. The lowest BCUT2D eigenvalue weighted by molar-refractivity contribution is -0.133. The van der Waals surface area contributed by atoms with Crippen molar-refractivity contribution in [2.24, 2.45) is 0 Å². The molecule has 0 aliphatic carbocycles. The molecule has 0 radical (unpaired) electrons. The maximum Gasteiger partial charge on any atom is 0.313 e. The summed E-state index contributed by atoms with van der Waals surface area (Å²) < 4.78 is 12.0. The van der Waals surface area contributed by atoms with E-state index >= 15 is 0 Å². The quantitative estimate of drug-likeness (QED) is 0.500. The Hall–Kier alpha value is -1.12. The van der Waals surface area contributed by atoms with E-state index in [1.807, 2.05) is 4.57 Å². The number of ether oxygens (including phenoxy) is 2. The summed E-state index contributed by atoms with van der Waals surface area (Å²) in [7, 11) is 3.28. The molecule has 8 heteroatoms. The summed E-state index contributed by atoms with van der Waals surface area (Å²) in [6.07, 6.45) is 1.60. The third-order valence-corrected chi connectivity index (χ3v) is 3.34. The number of carboxylic acids is 1. The zero-order valence-corrected chi connectivity index (χ0v) is 12.0. The zero-order valence-electron chi connectivity index (χ0n) is 11.2. The topological polar surface area (TPSA) is 86.5 Å². The number of aromatic nitrogens is 3. The number of thioether (sulfide) groups is 1. The van der Waals surface area contributed by atoms with Crippen molar-refractivity contribution in [1.29, 1.82) is 0 Å². The molecule has 0 unspecified atom stereocenters. The van der Waals surface area contributed by atoms with Crippen molar-refractivity contribution in [2.75, 3.05) is 33.2 Å². The molecule has 0 amide bonds. The van der Waals surface area contributed by atoms with Gasteiger partial charge in [0.15, 0.2) is 5.16 Å². The summed E-state index contributed by atoms with van der Waals surface area (Å²) in [6, 6.07) is 0. The highest BCUT2D eigenvalue weighted by Crippen LogP contribution is 2.17. The molecule has 108 valence electrons. The Morgan fingerprint density at radius 1 is 1.32 bits per heavy atom. The van der Waals surface area contributed by atoms with Crippen molar-refractivity contribution in [3.63, 3.8) is 0 Å². The molecule has 7 nitrogen and oxygen atoms in total. The Morgan fingerprint density at radius 2 is 2.05 bits per heavy atom. The van der Waals surface area contributed by atoms with Gasteiger partial charge in [0.25, 0.3) is 0 Å². The summed E-state index contributed by atoms with van der Waals surface area (Å²) in [6.45, 7) is 1.82. The van der Waals surface area contributed by atoms with Gasteiger partial charge in [0.05, 0.1) is 12.4 Å². The first-order valence-electron chi connectivity index (χ1n) is 5.93. The summed E-state index contributed by atoms with van der Waals surface area (Å²) in [5.41, 5.74) is 0. The fourth-order valence-electron chi connectivity index (χ4n) is 1.52. The van der Waals surface area contributed by atoms with E-state index in [0.717, 1.165) is 18.7 Å². The van der Waals surface area contributed by atoms with Crippen molar-refractivity contribution in [3.8, 4) is 0 Å². The zero-order chi connectivity index (χ0) is 14.1. The minimum Gasteiger partial charge on any atom is -0.481 e. The van der Waals surface area contributed by atoms with E-state index in [0.29, 0.717) is 24.9 Å². The van der Waals surface area contributed by atoms with E-state index in [1.165, 1.54) is 11.8 Å². The van der Waals surface area contributed by atoms with Crippen LogP contribution >= 0.6 is 11.8 Å². The van der Waals surface area contributed by atoms with Gasteiger partial charge in [-0.15, -0.1) is 10.2 Å². The van der Waals surface area contributed by atoms with Crippen LogP contribution in [0.1, 0.15) is 12.2 Å². The van der Waals surface area contributed by atoms with Crippen molar-refractivity contribution in [3.05, 3.63) is 5.82 Å². The van der Waals surface area contributed by atoms with E-state index in [-0.39, 0.29) is 5.75 Å². The molecule has 0 fully saturated rings. The first-order valence-corrected chi connectivity index (χ1v) is 6.92. The number of methoxy groups -OCH3 is 2. The molecular weight excluding hydrogens is 270 g/mol. The Labute approximate surface area is 116 Å². The molecule has 0 spiro atoms. The number of nitrogens with zero attached hydrogens (tertiary/aromatic N) is 3. The molecule has 0 aliphatic rings. The van der Waals surface area contributed by atoms with Gasteiger partial charge in [0.1, 0.15) is 5.82 Å². The van der Waals surface area contributed by atoms with Crippen molar-refractivity contribution in [2.45, 2.75) is 24.5 Å². The fourth-order valence-corrected chi connectivity index (χ4v) is 2.22. The first kappa shape index (κ1) is 15.9. The van der Waals surface area contributed by atoms with E-state index < -0.39 is 5.97 Å². The van der Waals surface area contributed by atoms with Crippen LogP contribution < -0.4 is 0 Å². The second kappa shape index (κ2) is 8.89. The van der Waals surface area contributed by atoms with Crippen molar-refractivity contribution in [1.82, 2.24) is 14.8 Å². The van der Waals surface area contributed by atoms with Crippen LogP contribution in [-0.4, -0.2) is 59.0 Å². The predicted molar refractivity (Wildman–Crippen MR) is 70.5 cm³/mol. The highest BCUT2D eigenvalue weighted by molar-refractivity contribution is 7.99. The summed E-state index contributed by atoms with van der Waals surface area (Å²) >= 11 is 1.17. The Bertz CT molecular complexity index is 397. The monoisotopic (exact) mass is 289 g/mol. The molecule has 1 aromatic rings. The van der Waals surface area contributed by atoms with Gasteiger partial charge in [0.2, 0.25) is 0 Å². The van der Waals surface area contributed by atoms with Gasteiger partial charge in [-0.3, -0.25) is 4.79 Å². The van der Waals surface area contributed by atoms with Crippen molar-refractivity contribution < 1.29 is 19.4 Å². The minimum atomic E-state index is -0.868. The number of rotatable bonds is 10. The normalized spacial score (nSPS) is 10.8. The van der Waals surface area contributed by atoms with Gasteiger partial charge in [-0.2, -0.15) is 0 Å². The van der Waals surface area contributed by atoms with Gasteiger partial charge in [-0.25, -0.2) is 0 Å². The molecular formula is C11H19N3O4S. The molecule has 0 aliphatic heterocycles. The number of hydrogen-bond acceptors (Lipinski definition) is 6. The third kappa shape index (κ3) is 5.58. The van der Waals surface area contributed by atoms with E-state index in [4.69, 9.17) is 14.6 Å². The molecule has 19 heavy (non-hydrogen) atoms. The van der Waals surface area contributed by atoms with Crippen LogP contribution in [0.25, 0.3) is 0 Å². The van der Waals surface area contributed by atoms with E-state index in [2.05, 4.69) is 10.2 Å². The summed E-state index contributed by atoms with van der Waals surface area (Å²) in [5, 5.41) is 17.5. The SMILES string of the molecule is COCCCc1nnc(SCC(=O)O)n1CCOC. The van der Waals surface area contributed by atoms with Crippen LogP contribution in [0.4, 0.5) is 0 Å². The van der Waals surface area contributed by atoms with Gasteiger partial charge in [0, 0.05) is 33.8 Å². The second-order valence-corrected chi connectivity index (χ2v) is 4.76. The Kier molecular flexibility index (Phi) is 7.46. The first-order chi connectivity index (χ1) is 9.19. The van der Waals surface area contributed by atoms with Gasteiger partial charge >= 0.3 is 5.97 Å². The second-order valence-electron chi connectivity index (χ2n) is 3.82. The highest BCUT2D eigenvalue weighted by atomic mass is 32.2. The van der Waals surface area contributed by atoms with Crippen LogP contribution in [0.3, 0.4) is 0 Å². The summed E-state index contributed by atoms with van der Waals surface area (Å²) in [4.78, 5) is 10.6. The van der Waals surface area contributed by atoms with Crippen LogP contribution in [0, 0.1) is 0 Å². The molecule has 0 saturated carbocycles. The number of hydrogen-bond donors (Lipinski definition) is 1. The largest absolute Gasteiger partial charge is 0.481 e. The molecule has 1 rings (SSSR count). The fraction of sp³-hybridized carbons (Fsp3) is 0.727. The van der Waals surface area contributed by atoms with E-state index in [1.54, 1.807) is 14.2 Å². The van der Waals surface area contributed by atoms with Crippen LogP contribution in [0.2, 0.25) is 0 Å². The smallest absolute Gasteiger partial charge is 0.313 e. The van der Waals surface area contributed by atoms with Crippen LogP contribution in [-0.2, 0) is 27.2 Å². The average molecular weight is 289 g/mol. The number of carboxylic acid groups (broad SMARTS) is 1. The van der Waals surface area contributed by atoms with Crippen LogP contribution in [0.5, 0.6) is 0 Å². The molecule has 0 bridgehead atoms. The van der Waals surface area contributed by atoms with Crippen molar-refractivity contribution >= 4 is 17.7 Å². The Balaban J connectivity index is 2.69. The highest BCUT2D eigenvalue weighted by Gasteiger charge is 2.13. The molecule has 0 saturated heterocycles. The van der Waals surface area contributed by atoms with Gasteiger partial charge < -0.3 is 19.1 Å². The number of aliphatic carboxylic acids is 1. The average Bonchev–Trinajstić information content (AvgIpc) is 2.76. The maximum absolute atomic E-state index is 10.6. The van der Waals surface area contributed by atoms with Crippen LogP contribution in [0.15, 0.2) is 5.16 Å². The molecule has 1 N–H and O–H groups in total. The molecule has 0 aromatic carbocycles. The molecule has 0 atom stereocenters. The number of aryl methyl sites for hydroxylation is 1. The number of carbonyl (C=O) groups is 1. The lowest BCUT2D eigenvalue weighted by Crippen LogP contribution is -2.11. The lowest BCUT2D eigenvalue weighted by Gasteiger charge is -2.08. The van der Waals surface area contributed by atoms with E-state index in [9.17, 15) is 4.79 Å². The molecule has 1 heterocycles. The summed E-state index contributed by atoms with van der Waals surface area (Å²) in [5.74, 6) is -0.0578. The standard InChI is InChI=1S/C11H19N3O4S/c1-17-6-3-4-9-12-13-11(19-8-10(15)16)14(9)5-7-18-2/h3-8H2,1-2H3,(H,15,16). The molecule has 1 aromatic heterocycles.